The van der Waals surface area contributed by atoms with Gasteiger partial charge in [-0.1, -0.05) is 69.7 Å². The Morgan fingerprint density at radius 3 is 2.43 bits per heavy atom. The lowest BCUT2D eigenvalue weighted by atomic mass is 9.95. The van der Waals surface area contributed by atoms with Crippen molar-refractivity contribution in [2.24, 2.45) is 5.41 Å². The van der Waals surface area contributed by atoms with Crippen molar-refractivity contribution < 1.29 is 0 Å². The minimum atomic E-state index is 0.207. The first-order valence-corrected chi connectivity index (χ1v) is 9.04. The third-order valence-corrected chi connectivity index (χ3v) is 4.74. The highest BCUT2D eigenvalue weighted by Gasteiger charge is 2.21. The van der Waals surface area contributed by atoms with Crippen LogP contribution in [0.1, 0.15) is 51.3 Å². The molecular formula is C20H26N2S. The molecule has 3 rings (SSSR count). The van der Waals surface area contributed by atoms with E-state index in [0.29, 0.717) is 0 Å². The molecule has 0 aliphatic heterocycles. The van der Waals surface area contributed by atoms with Gasteiger partial charge in [-0.25, -0.2) is 4.98 Å². The summed E-state index contributed by atoms with van der Waals surface area (Å²) in [5.41, 5.74) is 4.12. The molecule has 0 amide bonds. The molecule has 3 heteroatoms. The van der Waals surface area contributed by atoms with E-state index >= 15 is 0 Å². The number of benzene rings is 1. The SMILES string of the molecule is CC(C)(C)Cn1c(-c2ccccc2)nc(=S)c2c1CCCCC2. The third kappa shape index (κ3) is 3.72. The van der Waals surface area contributed by atoms with Gasteiger partial charge in [0.25, 0.3) is 0 Å². The predicted molar refractivity (Wildman–Crippen MR) is 99.2 cm³/mol. The Balaban J connectivity index is 2.24. The number of fused-ring (bicyclic) bond motifs is 1. The summed E-state index contributed by atoms with van der Waals surface area (Å²) >= 11 is 5.66. The zero-order valence-corrected chi connectivity index (χ0v) is 15.2. The Labute approximate surface area is 144 Å². The minimum absolute atomic E-state index is 0.207. The maximum absolute atomic E-state index is 5.66. The molecule has 1 aliphatic rings. The molecule has 0 saturated carbocycles. The Morgan fingerprint density at radius 2 is 1.74 bits per heavy atom. The normalized spacial score (nSPS) is 15.1. The molecule has 0 radical (unpaired) electrons. The highest BCUT2D eigenvalue weighted by Crippen LogP contribution is 2.29. The molecule has 1 aliphatic carbocycles. The molecule has 0 unspecified atom stereocenters. The van der Waals surface area contributed by atoms with E-state index in [1.165, 1.54) is 30.5 Å². The van der Waals surface area contributed by atoms with Crippen molar-refractivity contribution in [3.63, 3.8) is 0 Å². The van der Waals surface area contributed by atoms with Crippen LogP contribution in [-0.2, 0) is 19.4 Å². The van der Waals surface area contributed by atoms with Crippen LogP contribution in [0, 0.1) is 10.1 Å². The summed E-state index contributed by atoms with van der Waals surface area (Å²) in [6.45, 7) is 7.85. The highest BCUT2D eigenvalue weighted by atomic mass is 32.1. The van der Waals surface area contributed by atoms with Crippen molar-refractivity contribution >= 4 is 12.2 Å². The van der Waals surface area contributed by atoms with Gasteiger partial charge in [-0.2, -0.15) is 0 Å². The van der Waals surface area contributed by atoms with Gasteiger partial charge in [0.15, 0.2) is 0 Å². The maximum Gasteiger partial charge on any atom is 0.141 e. The molecule has 0 saturated heterocycles. The van der Waals surface area contributed by atoms with Crippen molar-refractivity contribution in [1.82, 2.24) is 9.55 Å². The van der Waals surface area contributed by atoms with Gasteiger partial charge in [-0.15, -0.1) is 0 Å². The summed E-state index contributed by atoms with van der Waals surface area (Å²) in [4.78, 5) is 4.86. The van der Waals surface area contributed by atoms with E-state index in [0.717, 1.165) is 35.4 Å². The van der Waals surface area contributed by atoms with E-state index in [4.69, 9.17) is 17.2 Å². The molecule has 122 valence electrons. The lowest BCUT2D eigenvalue weighted by molar-refractivity contribution is 0.336. The quantitative estimate of drug-likeness (QED) is 0.528. The zero-order chi connectivity index (χ0) is 16.4. The van der Waals surface area contributed by atoms with E-state index in [9.17, 15) is 0 Å². The van der Waals surface area contributed by atoms with Crippen LogP contribution < -0.4 is 0 Å². The van der Waals surface area contributed by atoms with E-state index in [-0.39, 0.29) is 5.41 Å². The van der Waals surface area contributed by atoms with Crippen LogP contribution in [0.2, 0.25) is 0 Å². The highest BCUT2D eigenvalue weighted by molar-refractivity contribution is 7.71. The number of aromatic nitrogens is 2. The average Bonchev–Trinajstić information content (AvgIpc) is 2.76. The third-order valence-electron chi connectivity index (χ3n) is 4.40. The minimum Gasteiger partial charge on any atom is -0.329 e. The molecule has 1 aromatic heterocycles. The van der Waals surface area contributed by atoms with Crippen LogP contribution in [0.5, 0.6) is 0 Å². The van der Waals surface area contributed by atoms with Gasteiger partial charge < -0.3 is 4.57 Å². The van der Waals surface area contributed by atoms with Crippen molar-refractivity contribution in [2.45, 2.75) is 59.4 Å². The molecule has 2 nitrogen and oxygen atoms in total. The standard InChI is InChI=1S/C20H26N2S/c1-20(2,3)14-22-17-13-9-5-8-12-16(17)19(23)21-18(22)15-10-6-4-7-11-15/h4,6-7,10-11H,5,8-9,12-14H2,1-3H3. The van der Waals surface area contributed by atoms with Crippen LogP contribution >= 0.6 is 12.2 Å². The first-order chi connectivity index (χ1) is 11.0. The predicted octanol–water partition coefficient (Wildman–Crippen LogP) is 5.59. The van der Waals surface area contributed by atoms with Gasteiger partial charge in [0.1, 0.15) is 10.5 Å². The van der Waals surface area contributed by atoms with Crippen molar-refractivity contribution in [1.29, 1.82) is 0 Å². The lowest BCUT2D eigenvalue weighted by Crippen LogP contribution is -2.22. The summed E-state index contributed by atoms with van der Waals surface area (Å²) < 4.78 is 3.26. The Hall–Kier alpha value is -1.48. The zero-order valence-electron chi connectivity index (χ0n) is 14.4. The average molecular weight is 327 g/mol. The first kappa shape index (κ1) is 16.4. The lowest BCUT2D eigenvalue weighted by Gasteiger charge is -2.27. The van der Waals surface area contributed by atoms with E-state index in [2.05, 4.69) is 55.7 Å². The number of hydrogen-bond donors (Lipinski definition) is 0. The van der Waals surface area contributed by atoms with Gasteiger partial charge in [0.2, 0.25) is 0 Å². The number of hydrogen-bond acceptors (Lipinski definition) is 2. The fraction of sp³-hybridized carbons (Fsp3) is 0.500. The largest absolute Gasteiger partial charge is 0.329 e. The van der Waals surface area contributed by atoms with Crippen molar-refractivity contribution in [3.8, 4) is 11.4 Å². The molecule has 0 N–H and O–H groups in total. The van der Waals surface area contributed by atoms with E-state index in [1.807, 2.05) is 0 Å². The molecule has 2 aromatic rings. The van der Waals surface area contributed by atoms with Crippen LogP contribution in [0.25, 0.3) is 11.4 Å². The Kier molecular flexibility index (Phi) is 4.67. The topological polar surface area (TPSA) is 17.8 Å². The van der Waals surface area contributed by atoms with Gasteiger partial charge in [0.05, 0.1) is 0 Å². The van der Waals surface area contributed by atoms with Crippen molar-refractivity contribution in [3.05, 3.63) is 46.2 Å². The fourth-order valence-electron chi connectivity index (χ4n) is 3.40. The molecule has 0 bridgehead atoms. The van der Waals surface area contributed by atoms with Crippen molar-refractivity contribution in [2.75, 3.05) is 0 Å². The summed E-state index contributed by atoms with van der Waals surface area (Å²) in [6.07, 6.45) is 5.99. The smallest absolute Gasteiger partial charge is 0.141 e. The molecule has 0 fully saturated rings. The van der Waals surface area contributed by atoms with Crippen LogP contribution in [0.4, 0.5) is 0 Å². The second kappa shape index (κ2) is 6.56. The molecule has 0 atom stereocenters. The summed E-state index contributed by atoms with van der Waals surface area (Å²) in [7, 11) is 0. The maximum atomic E-state index is 5.66. The Bertz CT molecular complexity index is 739. The monoisotopic (exact) mass is 326 g/mol. The second-order valence-corrected chi connectivity index (χ2v) is 8.13. The van der Waals surface area contributed by atoms with Crippen LogP contribution in [0.3, 0.4) is 0 Å². The van der Waals surface area contributed by atoms with Crippen LogP contribution in [0.15, 0.2) is 30.3 Å². The van der Waals surface area contributed by atoms with Gasteiger partial charge in [0, 0.05) is 23.4 Å². The van der Waals surface area contributed by atoms with Gasteiger partial charge >= 0.3 is 0 Å². The molecular weight excluding hydrogens is 300 g/mol. The number of nitrogens with zero attached hydrogens (tertiary/aromatic N) is 2. The van der Waals surface area contributed by atoms with E-state index < -0.39 is 0 Å². The summed E-state index contributed by atoms with van der Waals surface area (Å²) in [6, 6.07) is 10.5. The van der Waals surface area contributed by atoms with Crippen LogP contribution in [-0.4, -0.2) is 9.55 Å². The first-order valence-electron chi connectivity index (χ1n) is 8.64. The summed E-state index contributed by atoms with van der Waals surface area (Å²) in [5, 5.41) is 0. The molecule has 0 spiro atoms. The number of rotatable bonds is 2. The molecule has 1 aromatic carbocycles. The second-order valence-electron chi connectivity index (χ2n) is 7.74. The molecule has 1 heterocycles. The van der Waals surface area contributed by atoms with Gasteiger partial charge in [-0.3, -0.25) is 0 Å². The van der Waals surface area contributed by atoms with E-state index in [1.54, 1.807) is 0 Å². The Morgan fingerprint density at radius 1 is 1.04 bits per heavy atom. The van der Waals surface area contributed by atoms with Gasteiger partial charge in [-0.05, 0) is 31.1 Å². The summed E-state index contributed by atoms with van der Waals surface area (Å²) in [5.74, 6) is 1.03. The molecule has 23 heavy (non-hydrogen) atoms. The fourth-order valence-corrected chi connectivity index (χ4v) is 3.70.